The first-order chi connectivity index (χ1) is 10.2. The van der Waals surface area contributed by atoms with E-state index in [0.29, 0.717) is 0 Å². The number of aromatic nitrogens is 3. The largest absolute Gasteiger partial charge is 0.497 e. The Balaban J connectivity index is 1.97. The van der Waals surface area contributed by atoms with Gasteiger partial charge in [0, 0.05) is 12.8 Å². The topological polar surface area (TPSA) is 60.2 Å². The lowest BCUT2D eigenvalue weighted by Crippen LogP contribution is -2.18. The smallest absolute Gasteiger partial charge is 0.150 e. The van der Waals surface area contributed by atoms with E-state index in [1.54, 1.807) is 7.11 Å². The molecule has 5 heteroatoms. The highest BCUT2D eigenvalue weighted by atomic mass is 16.5. The third-order valence-corrected chi connectivity index (χ3v) is 4.16. The SMILES string of the molecule is CCc1nc(CC)n(C2Cc3ccc(OC)cc3C2O)n1. The summed E-state index contributed by atoms with van der Waals surface area (Å²) in [5, 5.41) is 15.2. The number of nitrogens with zero attached hydrogens (tertiary/aromatic N) is 3. The molecule has 1 aromatic heterocycles. The molecule has 3 rings (SSSR count). The first-order valence-electron chi connectivity index (χ1n) is 7.47. The van der Waals surface area contributed by atoms with Gasteiger partial charge in [0.1, 0.15) is 17.7 Å². The fourth-order valence-corrected chi connectivity index (χ4v) is 2.99. The minimum absolute atomic E-state index is 0.0742. The lowest BCUT2D eigenvalue weighted by Gasteiger charge is -2.17. The minimum atomic E-state index is -0.563. The fourth-order valence-electron chi connectivity index (χ4n) is 2.99. The van der Waals surface area contributed by atoms with E-state index >= 15 is 0 Å². The van der Waals surface area contributed by atoms with Crippen LogP contribution in [0.5, 0.6) is 5.75 Å². The summed E-state index contributed by atoms with van der Waals surface area (Å²) < 4.78 is 7.16. The summed E-state index contributed by atoms with van der Waals surface area (Å²) >= 11 is 0. The molecule has 1 aliphatic carbocycles. The van der Waals surface area contributed by atoms with Crippen LogP contribution in [-0.2, 0) is 19.3 Å². The van der Waals surface area contributed by atoms with Gasteiger partial charge in [-0.3, -0.25) is 0 Å². The van der Waals surface area contributed by atoms with Crippen molar-refractivity contribution in [3.63, 3.8) is 0 Å². The number of fused-ring (bicyclic) bond motifs is 1. The molecule has 1 heterocycles. The minimum Gasteiger partial charge on any atom is -0.497 e. The van der Waals surface area contributed by atoms with Crippen molar-refractivity contribution in [2.24, 2.45) is 0 Å². The monoisotopic (exact) mass is 287 g/mol. The van der Waals surface area contributed by atoms with Gasteiger partial charge in [0.25, 0.3) is 0 Å². The predicted molar refractivity (Wildman–Crippen MR) is 79.5 cm³/mol. The van der Waals surface area contributed by atoms with Gasteiger partial charge in [-0.25, -0.2) is 9.67 Å². The van der Waals surface area contributed by atoms with E-state index in [0.717, 1.165) is 47.8 Å². The van der Waals surface area contributed by atoms with Gasteiger partial charge in [-0.05, 0) is 29.7 Å². The van der Waals surface area contributed by atoms with E-state index in [-0.39, 0.29) is 6.04 Å². The Morgan fingerprint density at radius 2 is 2.14 bits per heavy atom. The second-order valence-electron chi connectivity index (χ2n) is 5.38. The highest BCUT2D eigenvalue weighted by Gasteiger charge is 2.34. The maximum absolute atomic E-state index is 10.7. The van der Waals surface area contributed by atoms with Crippen molar-refractivity contribution in [2.45, 2.75) is 45.3 Å². The van der Waals surface area contributed by atoms with Gasteiger partial charge in [0.05, 0.1) is 13.2 Å². The zero-order valence-electron chi connectivity index (χ0n) is 12.7. The van der Waals surface area contributed by atoms with Gasteiger partial charge in [0.15, 0.2) is 5.82 Å². The number of rotatable bonds is 4. The molecule has 0 bridgehead atoms. The molecule has 21 heavy (non-hydrogen) atoms. The van der Waals surface area contributed by atoms with Crippen molar-refractivity contribution in [3.8, 4) is 5.75 Å². The number of methoxy groups -OCH3 is 1. The number of hydrogen-bond acceptors (Lipinski definition) is 4. The zero-order chi connectivity index (χ0) is 15.0. The first kappa shape index (κ1) is 14.1. The molecule has 2 atom stereocenters. The van der Waals surface area contributed by atoms with Crippen molar-refractivity contribution < 1.29 is 9.84 Å². The highest BCUT2D eigenvalue weighted by molar-refractivity contribution is 5.41. The Hall–Kier alpha value is -1.88. The normalized spacial score (nSPS) is 20.6. The number of benzene rings is 1. The molecular formula is C16H21N3O2. The molecule has 0 saturated carbocycles. The molecule has 0 fully saturated rings. The van der Waals surface area contributed by atoms with Gasteiger partial charge in [-0.1, -0.05) is 19.9 Å². The maximum Gasteiger partial charge on any atom is 0.150 e. The van der Waals surface area contributed by atoms with Crippen LogP contribution in [0.3, 0.4) is 0 Å². The van der Waals surface area contributed by atoms with Crippen molar-refractivity contribution in [2.75, 3.05) is 7.11 Å². The van der Waals surface area contributed by atoms with Gasteiger partial charge in [-0.15, -0.1) is 0 Å². The average Bonchev–Trinajstić information content (AvgIpc) is 3.08. The third kappa shape index (κ3) is 2.31. The number of aryl methyl sites for hydroxylation is 2. The molecule has 5 nitrogen and oxygen atoms in total. The van der Waals surface area contributed by atoms with Crippen LogP contribution in [0.25, 0.3) is 0 Å². The molecule has 2 unspecified atom stereocenters. The standard InChI is InChI=1S/C16H21N3O2/c1-4-14-17-15(5-2)19(18-14)13-8-10-6-7-11(21-3)9-12(10)16(13)20/h6-7,9,13,16,20H,4-5,8H2,1-3H3. The van der Waals surface area contributed by atoms with Crippen LogP contribution in [0.1, 0.15) is 48.8 Å². The molecule has 112 valence electrons. The Labute approximate surface area is 124 Å². The van der Waals surface area contributed by atoms with Crippen LogP contribution in [-0.4, -0.2) is 27.0 Å². The summed E-state index contributed by atoms with van der Waals surface area (Å²) in [6, 6.07) is 5.81. The number of hydrogen-bond donors (Lipinski definition) is 1. The molecule has 2 aromatic rings. The van der Waals surface area contributed by atoms with Crippen molar-refractivity contribution in [3.05, 3.63) is 41.0 Å². The maximum atomic E-state index is 10.7. The molecule has 0 spiro atoms. The summed E-state index contributed by atoms with van der Waals surface area (Å²) in [6.07, 6.45) is 1.84. The van der Waals surface area contributed by atoms with Gasteiger partial charge in [-0.2, -0.15) is 5.10 Å². The second-order valence-corrected chi connectivity index (χ2v) is 5.38. The molecular weight excluding hydrogens is 266 g/mol. The van der Waals surface area contributed by atoms with Crippen LogP contribution < -0.4 is 4.74 Å². The van der Waals surface area contributed by atoms with E-state index in [4.69, 9.17) is 4.74 Å². The summed E-state index contributed by atoms with van der Waals surface area (Å²) in [5.74, 6) is 2.56. The van der Waals surface area contributed by atoms with Crippen molar-refractivity contribution in [1.82, 2.24) is 14.8 Å². The third-order valence-electron chi connectivity index (χ3n) is 4.16. The fraction of sp³-hybridized carbons (Fsp3) is 0.500. The number of aliphatic hydroxyl groups excluding tert-OH is 1. The Morgan fingerprint density at radius 3 is 2.81 bits per heavy atom. The van der Waals surface area contributed by atoms with E-state index in [9.17, 15) is 5.11 Å². The average molecular weight is 287 g/mol. The van der Waals surface area contributed by atoms with E-state index in [1.165, 1.54) is 0 Å². The van der Waals surface area contributed by atoms with Gasteiger partial charge >= 0.3 is 0 Å². The van der Waals surface area contributed by atoms with Crippen LogP contribution in [0, 0.1) is 0 Å². The van der Waals surface area contributed by atoms with E-state index < -0.39 is 6.10 Å². The van der Waals surface area contributed by atoms with E-state index in [2.05, 4.69) is 17.0 Å². The molecule has 1 aromatic carbocycles. The quantitative estimate of drug-likeness (QED) is 0.937. The second kappa shape index (κ2) is 5.48. The molecule has 0 radical (unpaired) electrons. The predicted octanol–water partition coefficient (Wildman–Crippen LogP) is 2.24. The van der Waals surface area contributed by atoms with Crippen LogP contribution in [0.4, 0.5) is 0 Å². The lowest BCUT2D eigenvalue weighted by atomic mass is 10.1. The summed E-state index contributed by atoms with van der Waals surface area (Å²) in [5.41, 5.74) is 2.10. The summed E-state index contributed by atoms with van der Waals surface area (Å²) in [7, 11) is 1.64. The lowest BCUT2D eigenvalue weighted by molar-refractivity contribution is 0.118. The molecule has 0 saturated heterocycles. The summed E-state index contributed by atoms with van der Waals surface area (Å²) in [6.45, 7) is 4.11. The van der Waals surface area contributed by atoms with E-state index in [1.807, 2.05) is 29.8 Å². The molecule has 1 aliphatic rings. The van der Waals surface area contributed by atoms with Crippen molar-refractivity contribution >= 4 is 0 Å². The number of aliphatic hydroxyl groups is 1. The molecule has 0 amide bonds. The van der Waals surface area contributed by atoms with Gasteiger partial charge < -0.3 is 9.84 Å². The Bertz CT molecular complexity index is 651. The molecule has 1 N–H and O–H groups in total. The summed E-state index contributed by atoms with van der Waals surface area (Å²) in [4.78, 5) is 4.54. The first-order valence-corrected chi connectivity index (χ1v) is 7.47. The number of ether oxygens (including phenoxy) is 1. The zero-order valence-corrected chi connectivity index (χ0v) is 12.7. The van der Waals surface area contributed by atoms with Crippen LogP contribution in [0.2, 0.25) is 0 Å². The van der Waals surface area contributed by atoms with Crippen LogP contribution in [0.15, 0.2) is 18.2 Å². The van der Waals surface area contributed by atoms with Crippen LogP contribution >= 0.6 is 0 Å². The van der Waals surface area contributed by atoms with Crippen molar-refractivity contribution in [1.29, 1.82) is 0 Å². The Morgan fingerprint density at radius 1 is 1.33 bits per heavy atom. The molecule has 0 aliphatic heterocycles. The van der Waals surface area contributed by atoms with Gasteiger partial charge in [0.2, 0.25) is 0 Å². The highest BCUT2D eigenvalue weighted by Crippen LogP contribution is 2.40. The Kier molecular flexibility index (Phi) is 3.68.